The largest absolute Gasteiger partial charge is 0.508 e. The fourth-order valence-corrected chi connectivity index (χ4v) is 13.6. The smallest absolute Gasteiger partial charge is 0.319 e. The third kappa shape index (κ3) is 16.0. The number of phenols is 1. The quantitative estimate of drug-likeness (QED) is 0.0769. The predicted molar refractivity (Wildman–Crippen MR) is 335 cm³/mol. The van der Waals surface area contributed by atoms with Crippen LogP contribution in [0.25, 0.3) is 32.6 Å². The highest BCUT2D eigenvalue weighted by atomic mass is 35.5. The molecule has 6 aliphatic heterocycles. The van der Waals surface area contributed by atoms with E-state index in [1.807, 2.05) is 56.2 Å². The maximum atomic E-state index is 16.7. The average Bonchev–Trinajstić information content (AvgIpc) is 1.68. The van der Waals surface area contributed by atoms with Crippen LogP contribution in [-0.4, -0.2) is 167 Å². The van der Waals surface area contributed by atoms with Crippen LogP contribution in [0.5, 0.6) is 17.6 Å². The van der Waals surface area contributed by atoms with Crippen LogP contribution in [0.1, 0.15) is 140 Å². The van der Waals surface area contributed by atoms with Gasteiger partial charge in [0.1, 0.15) is 48.0 Å². The molecule has 7 aliphatic rings. The maximum absolute atomic E-state index is 16.7. The number of anilines is 1. The summed E-state index contributed by atoms with van der Waals surface area (Å²) >= 11 is 8.22. The minimum absolute atomic E-state index is 0.0156. The van der Waals surface area contributed by atoms with Gasteiger partial charge < -0.3 is 49.1 Å². The summed E-state index contributed by atoms with van der Waals surface area (Å²) in [6, 6.07) is 15.0. The number of thiazole rings is 1. The van der Waals surface area contributed by atoms with Crippen LogP contribution >= 0.6 is 22.9 Å². The van der Waals surface area contributed by atoms with Gasteiger partial charge in [-0.25, -0.2) is 9.37 Å². The molecular weight excluding hydrogens is 1140 g/mol. The Morgan fingerprint density at radius 3 is 2.30 bits per heavy atom. The van der Waals surface area contributed by atoms with Crippen LogP contribution in [0.15, 0.2) is 58.7 Å². The van der Waals surface area contributed by atoms with Crippen molar-refractivity contribution in [1.29, 1.82) is 0 Å². The summed E-state index contributed by atoms with van der Waals surface area (Å²) in [7, 11) is 3.83. The zero-order valence-electron chi connectivity index (χ0n) is 51.2. The van der Waals surface area contributed by atoms with Gasteiger partial charge in [-0.2, -0.15) is 9.97 Å². The molecule has 2 unspecified atom stereocenters. The van der Waals surface area contributed by atoms with Crippen LogP contribution in [0.3, 0.4) is 0 Å². The number of ether oxygens (including phenoxy) is 3. The second-order valence-corrected chi connectivity index (χ2v) is 24.8. The van der Waals surface area contributed by atoms with Crippen LogP contribution in [0, 0.1) is 12.7 Å². The number of aryl methyl sites for hydroxylation is 2. The number of hydrogen-bond donors (Lipinski definition) is 3. The third-order valence-electron chi connectivity index (χ3n) is 17.1. The fraction of sp³-hybridized carbons (Fsp3) is 0.562. The molecule has 1 saturated carbocycles. The summed E-state index contributed by atoms with van der Waals surface area (Å²) in [5.74, 6) is 1.83. The number of nitrogens with zero attached hydrogens (tertiary/aromatic N) is 9. The molecule has 2 amide bonds. The molecule has 6 atom stereocenters. The highest BCUT2D eigenvalue weighted by molar-refractivity contribution is 7.13. The van der Waals surface area contributed by atoms with Gasteiger partial charge in [-0.3, -0.25) is 24.4 Å². The number of carbonyl (C=O) groups is 3. The van der Waals surface area contributed by atoms with E-state index in [2.05, 4.69) is 80.4 Å². The number of likely N-dealkylation sites (tertiary alicyclic amines) is 2. The Labute approximate surface area is 514 Å². The number of halogens is 2. The van der Waals surface area contributed by atoms with E-state index in [0.717, 1.165) is 132 Å². The normalized spacial score (nSPS) is 22.4. The molecule has 2 bridgehead atoms. The molecular formula is C64H87ClFN11O8S. The molecule has 1 aliphatic carbocycles. The Bertz CT molecular complexity index is 3140. The van der Waals surface area contributed by atoms with Gasteiger partial charge in [0, 0.05) is 93.3 Å². The molecule has 0 radical (unpaired) electrons. The minimum atomic E-state index is -0.547. The van der Waals surface area contributed by atoms with E-state index in [-0.39, 0.29) is 40.5 Å². The van der Waals surface area contributed by atoms with Gasteiger partial charge in [0.2, 0.25) is 12.8 Å². The molecule has 13 rings (SSSR count). The number of aromatic nitrogens is 5. The Balaban J connectivity index is 0.000000181. The molecule has 0 spiro atoms. The first-order valence-electron chi connectivity index (χ1n) is 30.5. The van der Waals surface area contributed by atoms with Gasteiger partial charge in [0.25, 0.3) is 5.88 Å². The SMILES string of the molecule is C=O.CCC.CCc1cc(OC2CN(C)C2)no1.COC[C@@H]1CC[C@@]2(COc3nc(N4CC5CCC(C4)N5)c4cnc(-c5cc(O)cc(Cl)c5C5CC5)c(F)c4n3)CCCN12.C[C@@H]1CCCN1C=O.Cc1ncsc1-c1ccc([C@H](C)NC=O)cc1. The maximum Gasteiger partial charge on any atom is 0.319 e. The lowest BCUT2D eigenvalue weighted by atomic mass is 9.95. The molecule has 4 aromatic heterocycles. The first-order valence-corrected chi connectivity index (χ1v) is 31.7. The topological polar surface area (TPSA) is 214 Å². The van der Waals surface area contributed by atoms with Crippen LogP contribution < -0.4 is 25.0 Å². The fourth-order valence-electron chi connectivity index (χ4n) is 12.5. The summed E-state index contributed by atoms with van der Waals surface area (Å²) in [4.78, 5) is 57.0. The van der Waals surface area contributed by atoms with Gasteiger partial charge in [0.15, 0.2) is 5.82 Å². The van der Waals surface area contributed by atoms with Crippen LogP contribution in [0.4, 0.5) is 10.2 Å². The number of phenolic OH excluding ortho intramolecular Hbond substituents is 1. The summed E-state index contributed by atoms with van der Waals surface area (Å²) < 4.78 is 39.2. The van der Waals surface area contributed by atoms with Gasteiger partial charge >= 0.3 is 6.01 Å². The zero-order valence-corrected chi connectivity index (χ0v) is 52.8. The van der Waals surface area contributed by atoms with Crippen molar-refractivity contribution in [2.45, 2.75) is 166 Å². The Hall–Kier alpha value is -6.36. The third-order valence-corrected chi connectivity index (χ3v) is 18.3. The number of likely N-dealkylation sites (N-methyl/N-ethyl adjacent to an activating group) is 1. The van der Waals surface area contributed by atoms with E-state index in [1.165, 1.54) is 35.8 Å². The molecule has 2 aromatic carbocycles. The summed E-state index contributed by atoms with van der Waals surface area (Å²) in [5.41, 5.74) is 6.79. The van der Waals surface area contributed by atoms with Crippen molar-refractivity contribution in [1.82, 2.24) is 50.4 Å². The van der Waals surface area contributed by atoms with Crippen molar-refractivity contribution < 1.29 is 42.6 Å². The summed E-state index contributed by atoms with van der Waals surface area (Å²) in [6.45, 7) is 21.0. The highest BCUT2D eigenvalue weighted by Gasteiger charge is 2.50. The first-order chi connectivity index (χ1) is 41.7. The first kappa shape index (κ1) is 65.6. The van der Waals surface area contributed by atoms with Crippen LogP contribution in [-0.2, 0) is 25.5 Å². The minimum Gasteiger partial charge on any atom is -0.508 e. The second-order valence-electron chi connectivity index (χ2n) is 23.6. The lowest BCUT2D eigenvalue weighted by molar-refractivity contribution is -0.118. The van der Waals surface area contributed by atoms with Gasteiger partial charge in [-0.1, -0.05) is 63.1 Å². The van der Waals surface area contributed by atoms with Crippen molar-refractivity contribution >= 4 is 59.3 Å². The number of pyridine rings is 1. The summed E-state index contributed by atoms with van der Waals surface area (Å²) in [5, 5.41) is 21.6. The molecule has 19 nitrogen and oxygen atoms in total. The molecule has 3 N–H and O–H groups in total. The van der Waals surface area contributed by atoms with E-state index in [9.17, 15) is 14.7 Å². The Morgan fingerprint density at radius 1 is 0.977 bits per heavy atom. The van der Waals surface area contributed by atoms with E-state index >= 15 is 4.39 Å². The number of amides is 2. The standard InChI is InChI=1S/C32H38ClFN6O3.C13H14N2OS.C9H14N2O2.C6H11NO.C3H8.CH2O/c1-42-16-21-7-9-32(8-2-10-40(21)32)17-43-31-37-29-24(30(38-31)39-14-19-5-6-20(15-39)36-19)13-35-28(27(29)34)23-11-22(41)12-25(33)26(23)18-3-4-18;1-9(14-7-16)11-3-5-12(6-4-11)13-10(2)15-8-17-13;1-3-7-4-9(10-13-7)12-8-5-11(2)6-8;1-6-3-2-4-7(6)5-8;1-3-2;1-2/h11-13,18-21,36,41H,2-10,14-17H2,1H3;3-9H,1-2H3,(H,14,16);4,8H,3,5-6H2,1-2H3;5-6H,2-4H2,1H3;3H2,1-2H3;1H2/t19?,20?,21-,32+;9-;;6-;;/m00.1../s1. The molecule has 6 saturated heterocycles. The molecule has 6 aromatic rings. The van der Waals surface area contributed by atoms with Gasteiger partial charge in [-0.15, -0.1) is 11.3 Å². The van der Waals surface area contributed by atoms with Crippen molar-refractivity contribution in [3.05, 3.63) is 87.6 Å². The van der Waals surface area contributed by atoms with Gasteiger partial charge in [-0.05, 0) is 138 Å². The Kier molecular flexibility index (Phi) is 23.7. The van der Waals surface area contributed by atoms with Crippen molar-refractivity contribution in [2.75, 3.05) is 71.5 Å². The molecule has 86 heavy (non-hydrogen) atoms. The lowest BCUT2D eigenvalue weighted by Crippen LogP contribution is -2.51. The van der Waals surface area contributed by atoms with Crippen molar-refractivity contribution in [3.63, 3.8) is 0 Å². The van der Waals surface area contributed by atoms with E-state index in [0.29, 0.717) is 71.2 Å². The number of nitrogens with one attached hydrogen (secondary N) is 2. The van der Waals surface area contributed by atoms with Crippen molar-refractivity contribution in [2.24, 2.45) is 0 Å². The lowest BCUT2D eigenvalue weighted by Gasteiger charge is -2.35. The van der Waals surface area contributed by atoms with E-state index in [1.54, 1.807) is 30.7 Å². The average molecular weight is 1220 g/mol. The number of hydrogen-bond acceptors (Lipinski definition) is 18. The van der Waals surface area contributed by atoms with E-state index in [4.69, 9.17) is 45.1 Å². The predicted octanol–water partition coefficient (Wildman–Crippen LogP) is 10.7. The summed E-state index contributed by atoms with van der Waals surface area (Å²) in [6.07, 6.45) is 16.6. The molecule has 7 fully saturated rings. The van der Waals surface area contributed by atoms with Crippen molar-refractivity contribution in [3.8, 4) is 39.3 Å². The molecule has 10 heterocycles. The molecule has 466 valence electrons. The number of benzene rings is 2. The Morgan fingerprint density at radius 2 is 1.71 bits per heavy atom. The monoisotopic (exact) mass is 1220 g/mol. The number of rotatable bonds is 16. The second kappa shape index (κ2) is 31.0. The number of piperazine rings is 1. The number of carbonyl (C=O) groups excluding carboxylic acids is 3. The van der Waals surface area contributed by atoms with E-state index < -0.39 is 5.82 Å². The van der Waals surface area contributed by atoms with Crippen LogP contribution in [0.2, 0.25) is 5.02 Å². The molecule has 22 heteroatoms. The number of methoxy groups -OCH3 is 1. The van der Waals surface area contributed by atoms with Gasteiger partial charge in [0.05, 0.1) is 39.7 Å². The highest BCUT2D eigenvalue weighted by Crippen LogP contribution is 2.50. The zero-order chi connectivity index (χ0) is 61.5. The number of fused-ring (bicyclic) bond motifs is 4. The number of aromatic hydroxyl groups is 1.